The van der Waals surface area contributed by atoms with Crippen molar-refractivity contribution in [3.8, 4) is 0 Å². The summed E-state index contributed by atoms with van der Waals surface area (Å²) in [7, 11) is 0. The van der Waals surface area contributed by atoms with Gasteiger partial charge in [0.1, 0.15) is 0 Å². The van der Waals surface area contributed by atoms with Gasteiger partial charge in [0.05, 0.1) is 18.2 Å². The maximum absolute atomic E-state index is 12.1. The van der Waals surface area contributed by atoms with Crippen LogP contribution in [-0.2, 0) is 4.79 Å². The van der Waals surface area contributed by atoms with Gasteiger partial charge >= 0.3 is 0 Å². The molecule has 3 heteroatoms. The summed E-state index contributed by atoms with van der Waals surface area (Å²) in [6.45, 7) is 6.40. The number of carbonyl (C=O) groups is 1. The zero-order valence-corrected chi connectivity index (χ0v) is 11.3. The Balaban J connectivity index is 2.09. The van der Waals surface area contributed by atoms with Crippen LogP contribution in [0.4, 0.5) is 0 Å². The zero-order valence-electron chi connectivity index (χ0n) is 11.3. The topological polar surface area (TPSA) is 32.7 Å². The molecule has 17 heavy (non-hydrogen) atoms. The van der Waals surface area contributed by atoms with Crippen LogP contribution in [-0.4, -0.2) is 22.7 Å². The average Bonchev–Trinajstić information content (AvgIpc) is 2.50. The van der Waals surface area contributed by atoms with Gasteiger partial charge in [-0.05, 0) is 12.8 Å². The van der Waals surface area contributed by atoms with Gasteiger partial charge in [0.2, 0.25) is 5.91 Å². The van der Waals surface area contributed by atoms with Gasteiger partial charge in [-0.15, -0.1) is 0 Å². The fourth-order valence-corrected chi connectivity index (χ4v) is 2.65. The second kappa shape index (κ2) is 4.79. The van der Waals surface area contributed by atoms with Crippen molar-refractivity contribution in [2.24, 2.45) is 10.5 Å². The van der Waals surface area contributed by atoms with Gasteiger partial charge in [0.25, 0.3) is 0 Å². The highest BCUT2D eigenvalue weighted by molar-refractivity contribution is 6.07. The molecule has 0 aromatic carbocycles. The van der Waals surface area contributed by atoms with Crippen LogP contribution in [0.2, 0.25) is 0 Å². The van der Waals surface area contributed by atoms with Crippen molar-refractivity contribution in [1.29, 1.82) is 0 Å². The Labute approximate surface area is 104 Å². The molecule has 0 spiro atoms. The molecular formula is C14H24N2O. The lowest BCUT2D eigenvalue weighted by Gasteiger charge is -2.23. The average molecular weight is 236 g/mol. The molecule has 0 aromatic heterocycles. The smallest absolute Gasteiger partial charge is 0.248 e. The first-order valence-electron chi connectivity index (χ1n) is 6.88. The molecule has 96 valence electrons. The minimum absolute atomic E-state index is 0.0230. The molecule has 1 heterocycles. The molecule has 0 saturated heterocycles. The van der Waals surface area contributed by atoms with Crippen LogP contribution in [0.5, 0.6) is 0 Å². The lowest BCUT2D eigenvalue weighted by Crippen LogP contribution is -2.32. The van der Waals surface area contributed by atoms with E-state index in [2.05, 4.69) is 25.9 Å². The summed E-state index contributed by atoms with van der Waals surface area (Å²) < 4.78 is 0. The van der Waals surface area contributed by atoms with Crippen LogP contribution in [0.25, 0.3) is 0 Å². The largest absolute Gasteiger partial charge is 0.273 e. The fourth-order valence-electron chi connectivity index (χ4n) is 2.65. The van der Waals surface area contributed by atoms with Gasteiger partial charge in [-0.1, -0.05) is 46.5 Å². The number of amides is 1. The van der Waals surface area contributed by atoms with Gasteiger partial charge in [-0.25, -0.2) is 5.01 Å². The zero-order chi connectivity index (χ0) is 12.5. The summed E-state index contributed by atoms with van der Waals surface area (Å²) in [5.41, 5.74) is 1.07. The van der Waals surface area contributed by atoms with Gasteiger partial charge in [-0.2, -0.15) is 5.10 Å². The lowest BCUT2D eigenvalue weighted by atomic mass is 9.88. The van der Waals surface area contributed by atoms with E-state index < -0.39 is 0 Å². The summed E-state index contributed by atoms with van der Waals surface area (Å²) in [6, 6.07) is 0.366. The molecule has 1 amide bonds. The van der Waals surface area contributed by atoms with Crippen LogP contribution in [0.15, 0.2) is 5.10 Å². The molecule has 2 rings (SSSR count). The molecule has 0 aromatic rings. The Morgan fingerprint density at radius 3 is 2.18 bits per heavy atom. The van der Waals surface area contributed by atoms with Gasteiger partial charge < -0.3 is 0 Å². The molecule has 1 fully saturated rings. The molecule has 1 saturated carbocycles. The predicted octanol–water partition coefficient (Wildman–Crippen LogP) is 3.34. The summed E-state index contributed by atoms with van der Waals surface area (Å²) in [5.74, 6) is 0.210. The first-order valence-corrected chi connectivity index (χ1v) is 6.88. The predicted molar refractivity (Wildman–Crippen MR) is 69.8 cm³/mol. The van der Waals surface area contributed by atoms with Crippen LogP contribution in [0, 0.1) is 5.41 Å². The molecule has 1 aliphatic carbocycles. The Hall–Kier alpha value is -0.860. The minimum Gasteiger partial charge on any atom is -0.273 e. The maximum Gasteiger partial charge on any atom is 0.248 e. The number of nitrogens with zero attached hydrogens (tertiary/aromatic N) is 2. The molecule has 2 aliphatic rings. The van der Waals surface area contributed by atoms with Crippen molar-refractivity contribution >= 4 is 11.6 Å². The number of rotatable bonds is 1. The van der Waals surface area contributed by atoms with Gasteiger partial charge in [0, 0.05) is 5.41 Å². The maximum atomic E-state index is 12.1. The number of hydrogen-bond acceptors (Lipinski definition) is 2. The van der Waals surface area contributed by atoms with Crippen LogP contribution >= 0.6 is 0 Å². The van der Waals surface area contributed by atoms with E-state index in [0.717, 1.165) is 18.6 Å². The van der Waals surface area contributed by atoms with Crippen molar-refractivity contribution < 1.29 is 4.79 Å². The Morgan fingerprint density at radius 2 is 1.71 bits per heavy atom. The van der Waals surface area contributed by atoms with E-state index in [1.807, 2.05) is 0 Å². The van der Waals surface area contributed by atoms with Crippen molar-refractivity contribution in [3.63, 3.8) is 0 Å². The molecule has 3 nitrogen and oxygen atoms in total. The van der Waals surface area contributed by atoms with E-state index in [4.69, 9.17) is 0 Å². The van der Waals surface area contributed by atoms with Crippen LogP contribution in [0.1, 0.15) is 65.7 Å². The van der Waals surface area contributed by atoms with Crippen molar-refractivity contribution in [2.75, 3.05) is 0 Å². The highest BCUT2D eigenvalue weighted by Crippen LogP contribution is 2.29. The first-order chi connectivity index (χ1) is 7.98. The monoisotopic (exact) mass is 236 g/mol. The number of hydrazone groups is 1. The second-order valence-electron chi connectivity index (χ2n) is 6.36. The Kier molecular flexibility index (Phi) is 3.55. The molecule has 0 atom stereocenters. The number of carbonyl (C=O) groups excluding carboxylic acids is 1. The van der Waals surface area contributed by atoms with Crippen molar-refractivity contribution in [3.05, 3.63) is 0 Å². The summed E-state index contributed by atoms with van der Waals surface area (Å²) >= 11 is 0. The summed E-state index contributed by atoms with van der Waals surface area (Å²) in [6.07, 6.45) is 7.91. The third kappa shape index (κ3) is 2.88. The molecule has 0 N–H and O–H groups in total. The molecule has 0 bridgehead atoms. The Bertz CT molecular complexity index is 320. The van der Waals surface area contributed by atoms with E-state index in [1.54, 1.807) is 5.01 Å². The lowest BCUT2D eigenvalue weighted by molar-refractivity contribution is -0.131. The van der Waals surface area contributed by atoms with Gasteiger partial charge in [0.15, 0.2) is 0 Å². The third-order valence-corrected chi connectivity index (χ3v) is 3.84. The minimum atomic E-state index is 0.0230. The van der Waals surface area contributed by atoms with E-state index in [-0.39, 0.29) is 11.3 Å². The summed E-state index contributed by atoms with van der Waals surface area (Å²) in [4.78, 5) is 12.1. The second-order valence-corrected chi connectivity index (χ2v) is 6.36. The Morgan fingerprint density at radius 1 is 1.12 bits per heavy atom. The van der Waals surface area contributed by atoms with Crippen molar-refractivity contribution in [2.45, 2.75) is 71.8 Å². The molecule has 1 aliphatic heterocycles. The molecule has 0 radical (unpaired) electrons. The highest BCUT2D eigenvalue weighted by Gasteiger charge is 2.34. The first kappa shape index (κ1) is 12.6. The van der Waals surface area contributed by atoms with E-state index in [9.17, 15) is 4.79 Å². The van der Waals surface area contributed by atoms with Crippen molar-refractivity contribution in [1.82, 2.24) is 5.01 Å². The van der Waals surface area contributed by atoms with Gasteiger partial charge in [-0.3, -0.25) is 4.79 Å². The third-order valence-electron chi connectivity index (χ3n) is 3.84. The standard InChI is InChI=1S/C14H24N2O/c1-14(2,3)12-10-13(17)16(15-12)11-8-6-4-5-7-9-11/h11H,4-10H2,1-3H3. The molecular weight excluding hydrogens is 212 g/mol. The molecule has 0 unspecified atom stereocenters. The van der Waals surface area contributed by atoms with E-state index in [0.29, 0.717) is 12.5 Å². The van der Waals surface area contributed by atoms with E-state index in [1.165, 1.54) is 25.7 Å². The van der Waals surface area contributed by atoms with Crippen LogP contribution < -0.4 is 0 Å². The quantitative estimate of drug-likeness (QED) is 0.643. The van der Waals surface area contributed by atoms with Crippen LogP contribution in [0.3, 0.4) is 0 Å². The highest BCUT2D eigenvalue weighted by atomic mass is 16.2. The SMILES string of the molecule is CC(C)(C)C1=NN(C2CCCCCC2)C(=O)C1. The fraction of sp³-hybridized carbons (Fsp3) is 0.857. The number of hydrogen-bond donors (Lipinski definition) is 0. The van der Waals surface area contributed by atoms with E-state index >= 15 is 0 Å². The summed E-state index contributed by atoms with van der Waals surface area (Å²) in [5, 5.41) is 6.40. The normalized spacial score (nSPS) is 23.8.